The molecule has 0 spiro atoms. The number of nitrogens with one attached hydrogen (secondary N) is 2. The number of halogens is 3. The minimum Gasteiger partial charge on any atom is -0.495 e. The molecule has 1 aromatic heterocycles. The minimum atomic E-state index is -0.781. The molecule has 0 fully saturated rings. The summed E-state index contributed by atoms with van der Waals surface area (Å²) in [7, 11) is 2.98. The summed E-state index contributed by atoms with van der Waals surface area (Å²) in [4.78, 5) is 8.09. The number of aromatic nitrogens is 2. The first-order valence-corrected chi connectivity index (χ1v) is 8.31. The Kier molecular flexibility index (Phi) is 5.65. The molecule has 3 aromatic rings. The molecule has 0 aliphatic heterocycles. The molecule has 1 heterocycles. The van der Waals surface area contributed by atoms with Crippen molar-refractivity contribution in [1.82, 2.24) is 9.97 Å². The number of rotatable bonds is 6. The van der Waals surface area contributed by atoms with Crippen molar-refractivity contribution in [3.05, 3.63) is 53.3 Å². The van der Waals surface area contributed by atoms with Gasteiger partial charge in [0, 0.05) is 12.1 Å². The van der Waals surface area contributed by atoms with E-state index in [1.165, 1.54) is 26.6 Å². The lowest BCUT2D eigenvalue weighted by Gasteiger charge is -2.16. The summed E-state index contributed by atoms with van der Waals surface area (Å²) in [6, 6.07) is 6.31. The van der Waals surface area contributed by atoms with Gasteiger partial charge in [0.15, 0.2) is 11.6 Å². The number of hydrogen-bond donors (Lipinski definition) is 3. The van der Waals surface area contributed by atoms with Gasteiger partial charge >= 0.3 is 0 Å². The third-order valence-corrected chi connectivity index (χ3v) is 4.09. The molecular formula is C18H16ClF2N5O2. The zero-order chi connectivity index (χ0) is 20.3. The van der Waals surface area contributed by atoms with Crippen LogP contribution in [0.3, 0.4) is 0 Å². The Morgan fingerprint density at radius 2 is 1.57 bits per heavy atom. The van der Waals surface area contributed by atoms with E-state index in [0.717, 1.165) is 12.1 Å². The molecule has 2 aromatic carbocycles. The maximum Gasteiger partial charge on any atom is 0.159 e. The first-order chi connectivity index (χ1) is 13.4. The van der Waals surface area contributed by atoms with Crippen molar-refractivity contribution < 1.29 is 18.3 Å². The molecule has 0 amide bonds. The molecule has 0 unspecified atom stereocenters. The highest BCUT2D eigenvalue weighted by molar-refractivity contribution is 6.32. The van der Waals surface area contributed by atoms with Gasteiger partial charge in [-0.05, 0) is 18.2 Å². The van der Waals surface area contributed by atoms with Gasteiger partial charge in [-0.15, -0.1) is 0 Å². The molecule has 0 atom stereocenters. The summed E-state index contributed by atoms with van der Waals surface area (Å²) in [5.41, 5.74) is 6.71. The largest absolute Gasteiger partial charge is 0.495 e. The summed E-state index contributed by atoms with van der Waals surface area (Å²) in [5, 5.41) is 6.07. The lowest BCUT2D eigenvalue weighted by molar-refractivity contribution is 0.396. The molecule has 0 bridgehead atoms. The van der Waals surface area contributed by atoms with Crippen molar-refractivity contribution in [2.75, 3.05) is 30.6 Å². The van der Waals surface area contributed by atoms with Gasteiger partial charge in [0.25, 0.3) is 0 Å². The van der Waals surface area contributed by atoms with Gasteiger partial charge in [-0.2, -0.15) is 0 Å². The van der Waals surface area contributed by atoms with Gasteiger partial charge < -0.3 is 25.8 Å². The maximum absolute atomic E-state index is 13.9. The Morgan fingerprint density at radius 3 is 2.18 bits per heavy atom. The molecule has 4 N–H and O–H groups in total. The van der Waals surface area contributed by atoms with Crippen molar-refractivity contribution >= 4 is 40.3 Å². The fourth-order valence-corrected chi connectivity index (χ4v) is 2.64. The van der Waals surface area contributed by atoms with Gasteiger partial charge in [0.05, 0.1) is 30.6 Å². The van der Waals surface area contributed by atoms with Crippen LogP contribution in [0.25, 0.3) is 0 Å². The SMILES string of the molecule is COc1cc(OC)c(Nc2ncnc(Nc3ccc(F)cc3F)c2N)cc1Cl. The first kappa shape index (κ1) is 19.4. The molecule has 0 aliphatic carbocycles. The average molecular weight is 408 g/mol. The second kappa shape index (κ2) is 8.13. The minimum absolute atomic E-state index is 0.0165. The van der Waals surface area contributed by atoms with Gasteiger partial charge in [-0.1, -0.05) is 11.6 Å². The average Bonchev–Trinajstić information content (AvgIpc) is 2.67. The van der Waals surface area contributed by atoms with E-state index in [4.69, 9.17) is 26.8 Å². The Morgan fingerprint density at radius 1 is 0.929 bits per heavy atom. The molecule has 146 valence electrons. The van der Waals surface area contributed by atoms with Gasteiger partial charge in [0.2, 0.25) is 0 Å². The van der Waals surface area contributed by atoms with Crippen molar-refractivity contribution in [1.29, 1.82) is 0 Å². The van der Waals surface area contributed by atoms with E-state index in [2.05, 4.69) is 20.6 Å². The maximum atomic E-state index is 13.9. The summed E-state index contributed by atoms with van der Waals surface area (Å²) >= 11 is 6.16. The number of hydrogen-bond acceptors (Lipinski definition) is 7. The quantitative estimate of drug-likeness (QED) is 0.554. The number of ether oxygens (including phenoxy) is 2. The molecule has 3 rings (SSSR count). The van der Waals surface area contributed by atoms with Crippen LogP contribution in [0.15, 0.2) is 36.7 Å². The Bertz CT molecular complexity index is 1020. The van der Waals surface area contributed by atoms with E-state index in [9.17, 15) is 8.78 Å². The zero-order valence-corrected chi connectivity index (χ0v) is 15.6. The summed E-state index contributed by atoms with van der Waals surface area (Å²) in [6.07, 6.45) is 1.24. The predicted molar refractivity (Wildman–Crippen MR) is 104 cm³/mol. The normalized spacial score (nSPS) is 10.5. The van der Waals surface area contributed by atoms with E-state index >= 15 is 0 Å². The van der Waals surface area contributed by atoms with E-state index in [1.54, 1.807) is 12.1 Å². The van der Waals surface area contributed by atoms with E-state index in [0.29, 0.717) is 22.2 Å². The van der Waals surface area contributed by atoms with Gasteiger partial charge in [-0.3, -0.25) is 0 Å². The molecule has 10 heteroatoms. The summed E-state index contributed by atoms with van der Waals surface area (Å²) in [5.74, 6) is -0.214. The van der Waals surface area contributed by atoms with Crippen LogP contribution < -0.4 is 25.8 Å². The predicted octanol–water partition coefficient (Wildman–Crippen LogP) is 4.49. The van der Waals surface area contributed by atoms with Crippen molar-refractivity contribution in [3.63, 3.8) is 0 Å². The molecule has 0 saturated carbocycles. The number of methoxy groups -OCH3 is 2. The monoisotopic (exact) mass is 407 g/mol. The van der Waals surface area contributed by atoms with Crippen LogP contribution in [-0.4, -0.2) is 24.2 Å². The van der Waals surface area contributed by atoms with Crippen LogP contribution in [0.4, 0.5) is 37.5 Å². The smallest absolute Gasteiger partial charge is 0.159 e. The Labute approximate surface area is 164 Å². The van der Waals surface area contributed by atoms with Crippen LogP contribution in [-0.2, 0) is 0 Å². The third-order valence-electron chi connectivity index (χ3n) is 3.80. The molecule has 7 nitrogen and oxygen atoms in total. The fraction of sp³-hybridized carbons (Fsp3) is 0.111. The number of nitrogen functional groups attached to an aromatic ring is 1. The highest BCUT2D eigenvalue weighted by Gasteiger charge is 2.15. The van der Waals surface area contributed by atoms with Crippen LogP contribution >= 0.6 is 11.6 Å². The lowest BCUT2D eigenvalue weighted by atomic mass is 10.2. The summed E-state index contributed by atoms with van der Waals surface area (Å²) in [6.45, 7) is 0. The van der Waals surface area contributed by atoms with E-state index in [-0.39, 0.29) is 23.0 Å². The van der Waals surface area contributed by atoms with Crippen LogP contribution in [0.1, 0.15) is 0 Å². The standard InChI is InChI=1S/C18H16ClF2N5O2/c1-27-14-7-15(28-2)13(6-10(14)19)26-18-16(22)17(23-8-24-18)25-12-4-3-9(20)5-11(12)21/h3-8H,22H2,1-2H3,(H2,23,24,25,26). The van der Waals surface area contributed by atoms with Gasteiger partial charge in [0.1, 0.15) is 35.1 Å². The highest BCUT2D eigenvalue weighted by Crippen LogP contribution is 2.38. The highest BCUT2D eigenvalue weighted by atomic mass is 35.5. The van der Waals surface area contributed by atoms with Crippen LogP contribution in [0.5, 0.6) is 11.5 Å². The van der Waals surface area contributed by atoms with E-state index < -0.39 is 11.6 Å². The zero-order valence-electron chi connectivity index (χ0n) is 14.9. The molecular weight excluding hydrogens is 392 g/mol. The van der Waals surface area contributed by atoms with Crippen LogP contribution in [0, 0.1) is 11.6 Å². The van der Waals surface area contributed by atoms with Crippen molar-refractivity contribution in [3.8, 4) is 11.5 Å². The number of anilines is 5. The Hall–Kier alpha value is -3.33. The number of nitrogens with two attached hydrogens (primary N) is 1. The third kappa shape index (κ3) is 3.99. The summed E-state index contributed by atoms with van der Waals surface area (Å²) < 4.78 is 37.4. The molecule has 0 aliphatic rings. The second-order valence-corrected chi connectivity index (χ2v) is 5.95. The lowest BCUT2D eigenvalue weighted by Crippen LogP contribution is -2.06. The molecule has 28 heavy (non-hydrogen) atoms. The first-order valence-electron chi connectivity index (χ1n) is 7.94. The molecule has 0 radical (unpaired) electrons. The van der Waals surface area contributed by atoms with Crippen molar-refractivity contribution in [2.24, 2.45) is 0 Å². The number of benzene rings is 2. The van der Waals surface area contributed by atoms with Crippen molar-refractivity contribution in [2.45, 2.75) is 0 Å². The Balaban J connectivity index is 1.92. The topological polar surface area (TPSA) is 94.3 Å². The van der Waals surface area contributed by atoms with Crippen LogP contribution in [0.2, 0.25) is 5.02 Å². The fourth-order valence-electron chi connectivity index (χ4n) is 2.40. The second-order valence-electron chi connectivity index (χ2n) is 5.55. The number of nitrogens with zero attached hydrogens (tertiary/aromatic N) is 2. The van der Waals surface area contributed by atoms with E-state index in [1.807, 2.05) is 0 Å². The molecule has 0 saturated heterocycles. The van der Waals surface area contributed by atoms with Gasteiger partial charge in [-0.25, -0.2) is 18.7 Å².